The van der Waals surface area contributed by atoms with E-state index < -0.39 is 0 Å². The van der Waals surface area contributed by atoms with E-state index in [0.29, 0.717) is 16.8 Å². The Morgan fingerprint density at radius 2 is 2.27 bits per heavy atom. The number of amides is 1. The lowest BCUT2D eigenvalue weighted by Crippen LogP contribution is -2.26. The standard InChI is InChI=1S/C15H18N4O2S/c20-14(10-21-12-2-1-5-17-8-12)19-15-18-9-13(22-15)11-3-6-16-7-4-11/h1-2,5,8-9,11,16H,3-4,6-7,10H2,(H,18,19,20). The Labute approximate surface area is 132 Å². The Kier molecular flexibility index (Phi) is 4.97. The van der Waals surface area contributed by atoms with E-state index in [0.717, 1.165) is 25.9 Å². The second kappa shape index (κ2) is 7.33. The molecule has 1 fully saturated rings. The number of hydrogen-bond acceptors (Lipinski definition) is 6. The first-order valence-corrected chi connectivity index (χ1v) is 8.12. The maximum absolute atomic E-state index is 11.9. The van der Waals surface area contributed by atoms with Crippen molar-refractivity contribution in [2.75, 3.05) is 25.0 Å². The van der Waals surface area contributed by atoms with Gasteiger partial charge in [-0.3, -0.25) is 15.1 Å². The number of nitrogens with zero attached hydrogens (tertiary/aromatic N) is 2. The van der Waals surface area contributed by atoms with E-state index in [1.165, 1.54) is 4.88 Å². The van der Waals surface area contributed by atoms with E-state index in [1.807, 2.05) is 6.20 Å². The Hall–Kier alpha value is -1.99. The summed E-state index contributed by atoms with van der Waals surface area (Å²) in [5.41, 5.74) is 0. The zero-order valence-corrected chi connectivity index (χ0v) is 12.9. The first-order valence-electron chi connectivity index (χ1n) is 7.30. The topological polar surface area (TPSA) is 76.1 Å². The van der Waals surface area contributed by atoms with Crippen molar-refractivity contribution in [1.82, 2.24) is 15.3 Å². The number of anilines is 1. The van der Waals surface area contributed by atoms with Crippen LogP contribution in [0.25, 0.3) is 0 Å². The van der Waals surface area contributed by atoms with Crippen molar-refractivity contribution in [2.45, 2.75) is 18.8 Å². The van der Waals surface area contributed by atoms with Crippen molar-refractivity contribution in [2.24, 2.45) is 0 Å². The highest BCUT2D eigenvalue weighted by Gasteiger charge is 2.18. The highest BCUT2D eigenvalue weighted by molar-refractivity contribution is 7.15. The molecule has 6 nitrogen and oxygen atoms in total. The molecule has 0 radical (unpaired) electrons. The molecule has 1 saturated heterocycles. The first-order chi connectivity index (χ1) is 10.8. The molecule has 0 spiro atoms. The molecule has 22 heavy (non-hydrogen) atoms. The molecule has 2 aromatic rings. The molecule has 2 N–H and O–H groups in total. The summed E-state index contributed by atoms with van der Waals surface area (Å²) in [7, 11) is 0. The van der Waals surface area contributed by atoms with Crippen molar-refractivity contribution >= 4 is 22.4 Å². The SMILES string of the molecule is O=C(COc1cccnc1)Nc1ncc(C2CCNCC2)s1. The van der Waals surface area contributed by atoms with E-state index in [1.54, 1.807) is 35.9 Å². The molecule has 0 atom stereocenters. The summed E-state index contributed by atoms with van der Waals surface area (Å²) in [5, 5.41) is 6.76. The lowest BCUT2D eigenvalue weighted by Gasteiger charge is -2.20. The van der Waals surface area contributed by atoms with Gasteiger partial charge in [-0.25, -0.2) is 4.98 Å². The molecule has 0 unspecified atom stereocenters. The van der Waals surface area contributed by atoms with Gasteiger partial charge in [0.15, 0.2) is 11.7 Å². The molecule has 1 amide bonds. The smallest absolute Gasteiger partial charge is 0.264 e. The van der Waals surface area contributed by atoms with Gasteiger partial charge in [-0.05, 0) is 44.0 Å². The van der Waals surface area contributed by atoms with Crippen molar-refractivity contribution in [3.8, 4) is 5.75 Å². The number of carbonyl (C=O) groups excluding carboxylic acids is 1. The van der Waals surface area contributed by atoms with Crippen LogP contribution in [0.3, 0.4) is 0 Å². The summed E-state index contributed by atoms with van der Waals surface area (Å²) in [5.74, 6) is 0.915. The number of ether oxygens (including phenoxy) is 1. The van der Waals surface area contributed by atoms with Gasteiger partial charge in [0.25, 0.3) is 5.91 Å². The van der Waals surface area contributed by atoms with Crippen molar-refractivity contribution < 1.29 is 9.53 Å². The highest BCUT2D eigenvalue weighted by Crippen LogP contribution is 2.31. The van der Waals surface area contributed by atoms with Gasteiger partial charge in [0, 0.05) is 17.3 Å². The summed E-state index contributed by atoms with van der Waals surface area (Å²) in [6.45, 7) is 2.04. The van der Waals surface area contributed by atoms with E-state index in [2.05, 4.69) is 20.6 Å². The van der Waals surface area contributed by atoms with Crippen molar-refractivity contribution in [3.05, 3.63) is 35.6 Å². The third-order valence-corrected chi connectivity index (χ3v) is 4.59. The highest BCUT2D eigenvalue weighted by atomic mass is 32.1. The molecule has 1 aliphatic rings. The van der Waals surface area contributed by atoms with E-state index >= 15 is 0 Å². The normalized spacial score (nSPS) is 15.5. The third-order valence-electron chi connectivity index (χ3n) is 3.52. The molecule has 3 rings (SSSR count). The molecule has 3 heterocycles. The van der Waals surface area contributed by atoms with Gasteiger partial charge in [0.1, 0.15) is 5.75 Å². The number of piperidine rings is 1. The largest absolute Gasteiger partial charge is 0.482 e. The average Bonchev–Trinajstić information content (AvgIpc) is 3.03. The van der Waals surface area contributed by atoms with E-state index in [-0.39, 0.29) is 12.5 Å². The lowest BCUT2D eigenvalue weighted by molar-refractivity contribution is -0.118. The van der Waals surface area contributed by atoms with Crippen LogP contribution in [0.15, 0.2) is 30.7 Å². The third kappa shape index (κ3) is 4.02. The predicted molar refractivity (Wildman–Crippen MR) is 85.3 cm³/mol. The van der Waals surface area contributed by atoms with Gasteiger partial charge in [-0.15, -0.1) is 11.3 Å². The van der Waals surface area contributed by atoms with Crippen LogP contribution in [0.5, 0.6) is 5.75 Å². The number of hydrogen-bond donors (Lipinski definition) is 2. The van der Waals surface area contributed by atoms with Crippen LogP contribution in [0.4, 0.5) is 5.13 Å². The van der Waals surface area contributed by atoms with Crippen LogP contribution in [0.2, 0.25) is 0 Å². The van der Waals surface area contributed by atoms with Crippen LogP contribution < -0.4 is 15.4 Å². The zero-order chi connectivity index (χ0) is 15.2. The van der Waals surface area contributed by atoms with Crippen molar-refractivity contribution in [3.63, 3.8) is 0 Å². The number of carbonyl (C=O) groups is 1. The molecule has 116 valence electrons. The van der Waals surface area contributed by atoms with Gasteiger partial charge in [0.2, 0.25) is 0 Å². The van der Waals surface area contributed by atoms with Gasteiger partial charge in [-0.1, -0.05) is 0 Å². The minimum absolute atomic E-state index is 0.0477. The van der Waals surface area contributed by atoms with E-state index in [9.17, 15) is 4.79 Å². The summed E-state index contributed by atoms with van der Waals surface area (Å²) in [4.78, 5) is 21.3. The minimum Gasteiger partial charge on any atom is -0.482 e. The summed E-state index contributed by atoms with van der Waals surface area (Å²) >= 11 is 1.55. The number of aromatic nitrogens is 2. The second-order valence-electron chi connectivity index (χ2n) is 5.12. The number of rotatable bonds is 5. The molecule has 2 aromatic heterocycles. The lowest BCUT2D eigenvalue weighted by atomic mass is 9.97. The van der Waals surface area contributed by atoms with Crippen LogP contribution >= 0.6 is 11.3 Å². The predicted octanol–water partition coefficient (Wildman–Crippen LogP) is 2.02. The fraction of sp³-hybridized carbons (Fsp3) is 0.400. The summed E-state index contributed by atoms with van der Waals surface area (Å²) in [6.07, 6.45) is 7.36. The number of pyridine rings is 1. The van der Waals surface area contributed by atoms with Gasteiger partial charge < -0.3 is 10.1 Å². The zero-order valence-electron chi connectivity index (χ0n) is 12.1. The number of thiazole rings is 1. The quantitative estimate of drug-likeness (QED) is 0.882. The maximum atomic E-state index is 11.9. The second-order valence-corrected chi connectivity index (χ2v) is 6.18. The first kappa shape index (κ1) is 14.9. The summed E-state index contributed by atoms with van der Waals surface area (Å²) in [6, 6.07) is 3.53. The number of nitrogens with one attached hydrogen (secondary N) is 2. The van der Waals surface area contributed by atoms with Gasteiger partial charge in [-0.2, -0.15) is 0 Å². The Morgan fingerprint density at radius 1 is 1.41 bits per heavy atom. The minimum atomic E-state index is -0.213. The average molecular weight is 318 g/mol. The molecule has 7 heteroatoms. The van der Waals surface area contributed by atoms with Crippen LogP contribution in [0, 0.1) is 0 Å². The molecular formula is C15H18N4O2S. The summed E-state index contributed by atoms with van der Waals surface area (Å²) < 4.78 is 5.36. The molecule has 0 saturated carbocycles. The van der Waals surface area contributed by atoms with E-state index in [4.69, 9.17) is 4.74 Å². The molecular weight excluding hydrogens is 300 g/mol. The fourth-order valence-corrected chi connectivity index (χ4v) is 3.38. The Bertz CT molecular complexity index is 611. The Morgan fingerprint density at radius 3 is 3.05 bits per heavy atom. The van der Waals surface area contributed by atoms with Gasteiger partial charge >= 0.3 is 0 Å². The fourth-order valence-electron chi connectivity index (χ4n) is 2.38. The monoisotopic (exact) mass is 318 g/mol. The Balaban J connectivity index is 1.50. The van der Waals surface area contributed by atoms with Crippen LogP contribution in [-0.4, -0.2) is 35.6 Å². The van der Waals surface area contributed by atoms with Crippen LogP contribution in [0.1, 0.15) is 23.6 Å². The van der Waals surface area contributed by atoms with Crippen molar-refractivity contribution in [1.29, 1.82) is 0 Å². The maximum Gasteiger partial charge on any atom is 0.264 e. The molecule has 1 aliphatic heterocycles. The molecule has 0 aromatic carbocycles. The van der Waals surface area contributed by atoms with Crippen LogP contribution in [-0.2, 0) is 4.79 Å². The molecule has 0 bridgehead atoms. The van der Waals surface area contributed by atoms with Gasteiger partial charge in [0.05, 0.1) is 6.20 Å². The molecule has 0 aliphatic carbocycles.